The molecule has 0 saturated carbocycles. The van der Waals surface area contributed by atoms with Gasteiger partial charge in [0.15, 0.2) is 0 Å². The zero-order valence-electron chi connectivity index (χ0n) is 17.0. The highest BCUT2D eigenvalue weighted by atomic mass is 16.3. The molecule has 0 fully saturated rings. The van der Waals surface area contributed by atoms with Crippen LogP contribution in [0.5, 0.6) is 5.75 Å². The van der Waals surface area contributed by atoms with Crippen LogP contribution in [0.25, 0.3) is 10.9 Å². The number of nitrogens with one attached hydrogen (secondary N) is 1. The van der Waals surface area contributed by atoms with Gasteiger partial charge in [-0.25, -0.2) is 5.43 Å². The molecule has 7 heteroatoms. The smallest absolute Gasteiger partial charge is 0.280 e. The van der Waals surface area contributed by atoms with Crippen LogP contribution in [0.1, 0.15) is 55.1 Å². The van der Waals surface area contributed by atoms with Gasteiger partial charge < -0.3 is 9.67 Å². The number of aromatic hydroxyl groups is 1. The van der Waals surface area contributed by atoms with Crippen molar-refractivity contribution in [2.75, 3.05) is 0 Å². The third-order valence-electron chi connectivity index (χ3n) is 4.91. The Hall–Kier alpha value is -3.48. The molecule has 0 aliphatic heterocycles. The van der Waals surface area contributed by atoms with Crippen LogP contribution in [-0.4, -0.2) is 26.8 Å². The fourth-order valence-electron chi connectivity index (χ4n) is 3.35. The third-order valence-corrected chi connectivity index (χ3v) is 4.91. The summed E-state index contributed by atoms with van der Waals surface area (Å²) in [6, 6.07) is 12.4. The summed E-state index contributed by atoms with van der Waals surface area (Å²) in [6.07, 6.45) is 8.23. The van der Waals surface area contributed by atoms with E-state index >= 15 is 0 Å². The van der Waals surface area contributed by atoms with E-state index in [1.54, 1.807) is 47.2 Å². The largest absolute Gasteiger partial charge is 0.506 e. The van der Waals surface area contributed by atoms with Gasteiger partial charge in [0, 0.05) is 18.1 Å². The Labute approximate surface area is 175 Å². The second kappa shape index (κ2) is 10.3. The summed E-state index contributed by atoms with van der Waals surface area (Å²) in [4.78, 5) is 29.8. The van der Waals surface area contributed by atoms with Gasteiger partial charge in [-0.1, -0.05) is 50.8 Å². The molecule has 0 atom stereocenters. The molecule has 0 aliphatic carbocycles. The Morgan fingerprint density at radius 3 is 2.67 bits per heavy atom. The molecule has 0 bridgehead atoms. The lowest BCUT2D eigenvalue weighted by Gasteiger charge is -2.14. The molecule has 0 radical (unpaired) electrons. The van der Waals surface area contributed by atoms with Crippen molar-refractivity contribution in [3.05, 3.63) is 70.3 Å². The van der Waals surface area contributed by atoms with Gasteiger partial charge >= 0.3 is 0 Å². The van der Waals surface area contributed by atoms with Crippen LogP contribution in [0.4, 0.5) is 0 Å². The minimum absolute atomic E-state index is 0.305. The number of unbranched alkanes of at least 4 members (excludes halogenated alkanes) is 4. The monoisotopic (exact) mass is 406 g/mol. The predicted molar refractivity (Wildman–Crippen MR) is 118 cm³/mol. The summed E-state index contributed by atoms with van der Waals surface area (Å²) in [5.41, 5.74) is 2.67. The van der Waals surface area contributed by atoms with Gasteiger partial charge in [-0.2, -0.15) is 5.10 Å². The molecule has 2 aromatic heterocycles. The van der Waals surface area contributed by atoms with E-state index in [0.29, 0.717) is 23.1 Å². The van der Waals surface area contributed by atoms with Crippen molar-refractivity contribution in [2.45, 2.75) is 45.6 Å². The van der Waals surface area contributed by atoms with Crippen molar-refractivity contribution in [1.29, 1.82) is 0 Å². The van der Waals surface area contributed by atoms with Gasteiger partial charge in [0.05, 0.1) is 17.4 Å². The number of hydrogen-bond donors (Lipinski definition) is 2. The Balaban J connectivity index is 1.88. The molecule has 30 heavy (non-hydrogen) atoms. The van der Waals surface area contributed by atoms with Gasteiger partial charge in [0.1, 0.15) is 11.3 Å². The maximum absolute atomic E-state index is 13.1. The summed E-state index contributed by atoms with van der Waals surface area (Å²) >= 11 is 0. The molecule has 1 aromatic carbocycles. The van der Waals surface area contributed by atoms with Gasteiger partial charge in [-0.15, -0.1) is 0 Å². The SMILES string of the molecule is CCCCCCCn1c(=O)c(C(=O)N/N=C/c2ccccn2)c(O)c2ccccc21. The fourth-order valence-corrected chi connectivity index (χ4v) is 3.35. The van der Waals surface area contributed by atoms with Crippen LogP contribution in [-0.2, 0) is 6.54 Å². The second-order valence-corrected chi connectivity index (χ2v) is 7.07. The van der Waals surface area contributed by atoms with Gasteiger partial charge in [-0.3, -0.25) is 14.6 Å². The van der Waals surface area contributed by atoms with E-state index in [-0.39, 0.29) is 11.3 Å². The average molecular weight is 406 g/mol. The number of aryl methyl sites for hydroxylation is 1. The lowest BCUT2D eigenvalue weighted by atomic mass is 10.1. The number of rotatable bonds is 9. The van der Waals surface area contributed by atoms with E-state index in [2.05, 4.69) is 22.4 Å². The number of carbonyl (C=O) groups excluding carboxylic acids is 1. The van der Waals surface area contributed by atoms with Gasteiger partial charge in [0.25, 0.3) is 11.5 Å². The number of aromatic nitrogens is 2. The number of carbonyl (C=O) groups is 1. The maximum Gasteiger partial charge on any atom is 0.280 e. The summed E-state index contributed by atoms with van der Waals surface area (Å²) < 4.78 is 1.57. The molecular formula is C23H26N4O3. The van der Waals surface area contributed by atoms with Crippen molar-refractivity contribution in [1.82, 2.24) is 15.0 Å². The molecule has 7 nitrogen and oxygen atoms in total. The summed E-state index contributed by atoms with van der Waals surface area (Å²) in [5.74, 6) is -1.08. The summed E-state index contributed by atoms with van der Waals surface area (Å²) in [6.45, 7) is 2.64. The van der Waals surface area contributed by atoms with Crippen molar-refractivity contribution in [3.63, 3.8) is 0 Å². The summed E-state index contributed by atoms with van der Waals surface area (Å²) in [5, 5.41) is 15.0. The molecule has 1 amide bonds. The molecule has 2 heterocycles. The lowest BCUT2D eigenvalue weighted by Crippen LogP contribution is -2.31. The van der Waals surface area contributed by atoms with Crippen LogP contribution >= 0.6 is 0 Å². The van der Waals surface area contributed by atoms with E-state index in [1.807, 2.05) is 6.07 Å². The van der Waals surface area contributed by atoms with Crippen molar-refractivity contribution < 1.29 is 9.90 Å². The van der Waals surface area contributed by atoms with E-state index in [1.165, 1.54) is 6.21 Å². The molecule has 3 aromatic rings. The van der Waals surface area contributed by atoms with E-state index in [0.717, 1.165) is 32.1 Å². The molecule has 0 spiro atoms. The number of hydrogen-bond acceptors (Lipinski definition) is 5. The first-order valence-corrected chi connectivity index (χ1v) is 10.2. The van der Waals surface area contributed by atoms with Crippen LogP contribution in [0.2, 0.25) is 0 Å². The number of hydrazone groups is 1. The van der Waals surface area contributed by atoms with Crippen LogP contribution in [0, 0.1) is 0 Å². The highest BCUT2D eigenvalue weighted by Gasteiger charge is 2.21. The quantitative estimate of drug-likeness (QED) is 0.321. The highest BCUT2D eigenvalue weighted by Crippen LogP contribution is 2.26. The molecule has 3 rings (SSSR count). The van der Waals surface area contributed by atoms with Crippen molar-refractivity contribution in [3.8, 4) is 5.75 Å². The normalized spacial score (nSPS) is 11.2. The summed E-state index contributed by atoms with van der Waals surface area (Å²) in [7, 11) is 0. The van der Waals surface area contributed by atoms with E-state index in [9.17, 15) is 14.7 Å². The minimum atomic E-state index is -0.754. The topological polar surface area (TPSA) is 96.6 Å². The molecule has 0 saturated heterocycles. The molecule has 2 N–H and O–H groups in total. The number of para-hydroxylation sites is 1. The third kappa shape index (κ3) is 4.92. The van der Waals surface area contributed by atoms with Crippen molar-refractivity contribution >= 4 is 23.0 Å². The zero-order chi connectivity index (χ0) is 21.3. The predicted octanol–water partition coefficient (Wildman–Crippen LogP) is 3.84. The molecule has 0 aliphatic rings. The Morgan fingerprint density at radius 2 is 1.90 bits per heavy atom. The second-order valence-electron chi connectivity index (χ2n) is 7.07. The molecular weight excluding hydrogens is 380 g/mol. The lowest BCUT2D eigenvalue weighted by molar-refractivity contribution is 0.0950. The van der Waals surface area contributed by atoms with E-state index in [4.69, 9.17) is 0 Å². The Morgan fingerprint density at radius 1 is 1.13 bits per heavy atom. The highest BCUT2D eigenvalue weighted by molar-refractivity contribution is 6.02. The van der Waals surface area contributed by atoms with Gasteiger partial charge in [0.2, 0.25) is 0 Å². The number of fused-ring (bicyclic) bond motifs is 1. The number of pyridine rings is 2. The maximum atomic E-state index is 13.1. The number of amides is 1. The minimum Gasteiger partial charge on any atom is -0.506 e. The first kappa shape index (κ1) is 21.2. The first-order valence-electron chi connectivity index (χ1n) is 10.2. The van der Waals surface area contributed by atoms with E-state index < -0.39 is 11.5 Å². The number of nitrogens with zero attached hydrogens (tertiary/aromatic N) is 3. The van der Waals surface area contributed by atoms with Crippen LogP contribution in [0.3, 0.4) is 0 Å². The first-order chi connectivity index (χ1) is 14.6. The van der Waals surface area contributed by atoms with Gasteiger partial charge in [-0.05, 0) is 30.7 Å². The van der Waals surface area contributed by atoms with Crippen LogP contribution in [0.15, 0.2) is 58.6 Å². The molecule has 156 valence electrons. The fraction of sp³-hybridized carbons (Fsp3) is 0.304. The zero-order valence-corrected chi connectivity index (χ0v) is 17.0. The van der Waals surface area contributed by atoms with Crippen LogP contribution < -0.4 is 11.0 Å². The Kier molecular flexibility index (Phi) is 7.32. The average Bonchev–Trinajstić information content (AvgIpc) is 2.76. The van der Waals surface area contributed by atoms with Crippen molar-refractivity contribution in [2.24, 2.45) is 5.10 Å². The standard InChI is InChI=1S/C23H26N4O3/c1-2-3-4-5-10-15-27-19-13-7-6-12-18(19)21(28)20(23(27)30)22(29)26-25-16-17-11-8-9-14-24-17/h6-9,11-14,16,28H,2-5,10,15H2,1H3,(H,26,29)/b25-16+. The molecule has 0 unspecified atom stereocenters. The number of benzene rings is 1. The Bertz CT molecular complexity index is 1090.